The van der Waals surface area contributed by atoms with Crippen molar-refractivity contribution in [2.75, 3.05) is 26.3 Å². The maximum absolute atomic E-state index is 13.0. The van der Waals surface area contributed by atoms with Crippen LogP contribution < -0.4 is 4.74 Å². The summed E-state index contributed by atoms with van der Waals surface area (Å²) in [6.07, 6.45) is 2.71. The van der Waals surface area contributed by atoms with E-state index in [4.69, 9.17) is 14.6 Å². The van der Waals surface area contributed by atoms with Crippen LogP contribution >= 0.6 is 0 Å². The van der Waals surface area contributed by atoms with Crippen LogP contribution in [0.4, 0.5) is 0 Å². The van der Waals surface area contributed by atoms with Gasteiger partial charge in [-0.05, 0) is 85.8 Å². The maximum Gasteiger partial charge on any atom is 0.222 e. The van der Waals surface area contributed by atoms with Gasteiger partial charge in [0.25, 0.3) is 0 Å². The Hall–Kier alpha value is -3.42. The number of hydrogen-bond acceptors (Lipinski definition) is 10. The highest BCUT2D eigenvalue weighted by Gasteiger charge is 2.48. The van der Waals surface area contributed by atoms with E-state index in [-0.39, 0.29) is 37.9 Å². The molecule has 0 saturated heterocycles. The summed E-state index contributed by atoms with van der Waals surface area (Å²) in [4.78, 5) is 18.7. The quantitative estimate of drug-likeness (QED) is 0.103. The van der Waals surface area contributed by atoms with Gasteiger partial charge in [0, 0.05) is 43.0 Å². The van der Waals surface area contributed by atoms with Gasteiger partial charge in [-0.2, -0.15) is 0 Å². The van der Waals surface area contributed by atoms with Crippen molar-refractivity contribution >= 4 is 5.91 Å². The number of carbonyl (C=O) groups is 1. The lowest BCUT2D eigenvalue weighted by atomic mass is 9.92. The molecule has 1 unspecified atom stereocenters. The summed E-state index contributed by atoms with van der Waals surface area (Å²) in [5.74, 6) is 0.738. The van der Waals surface area contributed by atoms with E-state index in [0.29, 0.717) is 19.1 Å². The van der Waals surface area contributed by atoms with Gasteiger partial charge >= 0.3 is 0 Å². The summed E-state index contributed by atoms with van der Waals surface area (Å²) in [5, 5.41) is 58.5. The number of aliphatic hydroxyl groups excluding tert-OH is 6. The minimum atomic E-state index is -1.79. The van der Waals surface area contributed by atoms with Crippen molar-refractivity contribution in [2.24, 2.45) is 0 Å². The fourth-order valence-corrected chi connectivity index (χ4v) is 6.34. The molecule has 2 aliphatic carbocycles. The summed E-state index contributed by atoms with van der Waals surface area (Å²) >= 11 is 0. The SMILES string of the molecule is Cc1ccc(C(C)CCCC(=O)N(CCO)C[C@H](O)[C@@H](O)[C@H](O)[C@H](O)CO)cc1COC1(c2cnccc2-c2ccccc2OC2CC2)CC1. The Balaban J connectivity index is 1.18. The van der Waals surface area contributed by atoms with Crippen LogP contribution in [0.25, 0.3) is 11.1 Å². The molecule has 0 radical (unpaired) electrons. The lowest BCUT2D eigenvalue weighted by Crippen LogP contribution is -2.51. The number of aryl methyl sites for hydroxylation is 1. The average Bonchev–Trinajstić information content (AvgIpc) is 4.08. The van der Waals surface area contributed by atoms with Crippen LogP contribution in [0.2, 0.25) is 0 Å². The molecular formula is C39H52N2O9. The van der Waals surface area contributed by atoms with Gasteiger partial charge in [-0.3, -0.25) is 9.78 Å². The molecule has 2 fully saturated rings. The van der Waals surface area contributed by atoms with Crippen molar-refractivity contribution in [1.29, 1.82) is 0 Å². The van der Waals surface area contributed by atoms with Gasteiger partial charge in [-0.1, -0.05) is 43.3 Å². The molecule has 5 atom stereocenters. The Morgan fingerprint density at radius 2 is 1.74 bits per heavy atom. The smallest absolute Gasteiger partial charge is 0.222 e. The minimum absolute atomic E-state index is 0.0546. The van der Waals surface area contributed by atoms with E-state index >= 15 is 0 Å². The van der Waals surface area contributed by atoms with Gasteiger partial charge in [-0.25, -0.2) is 0 Å². The van der Waals surface area contributed by atoms with Crippen molar-refractivity contribution < 1.29 is 44.9 Å². The van der Waals surface area contributed by atoms with Crippen molar-refractivity contribution in [1.82, 2.24) is 9.88 Å². The lowest BCUT2D eigenvalue weighted by Gasteiger charge is -2.30. The number of nitrogens with zero attached hydrogens (tertiary/aromatic N) is 2. The number of amides is 1. The Labute approximate surface area is 294 Å². The van der Waals surface area contributed by atoms with Gasteiger partial charge in [0.2, 0.25) is 5.91 Å². The molecule has 0 aliphatic heterocycles. The molecule has 1 amide bonds. The van der Waals surface area contributed by atoms with Crippen LogP contribution in [-0.2, 0) is 21.7 Å². The highest BCUT2D eigenvalue weighted by atomic mass is 16.5. The van der Waals surface area contributed by atoms with E-state index in [2.05, 4.69) is 49.2 Å². The van der Waals surface area contributed by atoms with Crippen molar-refractivity contribution in [3.63, 3.8) is 0 Å². The van der Waals surface area contributed by atoms with E-state index in [1.807, 2.05) is 30.6 Å². The standard InChI is InChI=1S/C39H52N2O9/c1-25(6-5-9-36(46)41(18-19-42)22-33(44)37(47)38(48)34(45)23-43)27-11-10-26(2)28(20-27)24-49-39(15-16-39)32-21-40-17-14-30(32)31-7-3-4-8-35(31)50-29-12-13-29/h3-4,7-8,10-11,14,17,20-21,25,29,33-34,37-38,42-45,47-48H,5-6,9,12-13,15-16,18-19,22-24H2,1-2H3/t25?,33-,34+,37+,38+/m0/s1. The third-order valence-corrected chi connectivity index (χ3v) is 9.94. The number of benzene rings is 2. The molecule has 2 aliphatic rings. The molecule has 0 spiro atoms. The molecule has 3 aromatic rings. The fraction of sp³-hybridized carbons (Fsp3) is 0.538. The number of aromatic nitrogens is 1. The molecule has 11 heteroatoms. The van der Waals surface area contributed by atoms with Gasteiger partial charge in [0.05, 0.1) is 31.5 Å². The number of para-hydroxylation sites is 1. The number of hydrogen-bond donors (Lipinski definition) is 6. The van der Waals surface area contributed by atoms with Crippen LogP contribution in [0, 0.1) is 6.92 Å². The fourth-order valence-electron chi connectivity index (χ4n) is 6.34. The monoisotopic (exact) mass is 692 g/mol. The third kappa shape index (κ3) is 9.46. The molecule has 2 aromatic carbocycles. The van der Waals surface area contributed by atoms with E-state index in [1.54, 1.807) is 0 Å². The second kappa shape index (κ2) is 17.2. The van der Waals surface area contributed by atoms with E-state index in [9.17, 15) is 30.3 Å². The first-order valence-corrected chi connectivity index (χ1v) is 17.7. The highest BCUT2D eigenvalue weighted by molar-refractivity contribution is 5.76. The number of ether oxygens (including phenoxy) is 2. The van der Waals surface area contributed by atoms with Crippen LogP contribution in [0.1, 0.15) is 80.0 Å². The lowest BCUT2D eigenvalue weighted by molar-refractivity contribution is -0.140. The molecule has 1 aromatic heterocycles. The summed E-state index contributed by atoms with van der Waals surface area (Å²) in [6.45, 7) is 3.12. The zero-order valence-electron chi connectivity index (χ0n) is 29.0. The topological polar surface area (TPSA) is 173 Å². The molecule has 272 valence electrons. The Bertz CT molecular complexity index is 1560. The van der Waals surface area contributed by atoms with Gasteiger partial charge in [0.15, 0.2) is 0 Å². The van der Waals surface area contributed by atoms with Crippen LogP contribution in [0.15, 0.2) is 60.9 Å². The van der Waals surface area contributed by atoms with Crippen molar-refractivity contribution in [2.45, 2.75) is 107 Å². The Morgan fingerprint density at radius 3 is 2.44 bits per heavy atom. The molecule has 6 N–H and O–H groups in total. The summed E-state index contributed by atoms with van der Waals surface area (Å²) in [5.41, 5.74) is 6.20. The van der Waals surface area contributed by atoms with Gasteiger partial charge < -0.3 is 45.0 Å². The average molecular weight is 693 g/mol. The second-order valence-electron chi connectivity index (χ2n) is 13.9. The maximum atomic E-state index is 13.0. The van der Waals surface area contributed by atoms with Crippen molar-refractivity contribution in [3.8, 4) is 16.9 Å². The molecule has 50 heavy (non-hydrogen) atoms. The molecular weight excluding hydrogens is 640 g/mol. The Morgan fingerprint density at radius 1 is 1.00 bits per heavy atom. The minimum Gasteiger partial charge on any atom is -0.490 e. The zero-order valence-corrected chi connectivity index (χ0v) is 29.0. The first-order valence-electron chi connectivity index (χ1n) is 17.7. The number of rotatable bonds is 20. The zero-order chi connectivity index (χ0) is 35.8. The number of pyridine rings is 1. The first kappa shape index (κ1) is 37.8. The third-order valence-electron chi connectivity index (χ3n) is 9.94. The normalized spacial score (nSPS) is 18.2. The predicted molar refractivity (Wildman–Crippen MR) is 187 cm³/mol. The Kier molecular flexibility index (Phi) is 13.0. The largest absolute Gasteiger partial charge is 0.490 e. The highest BCUT2D eigenvalue weighted by Crippen LogP contribution is 2.53. The summed E-state index contributed by atoms with van der Waals surface area (Å²) in [6, 6.07) is 16.6. The van der Waals surface area contributed by atoms with E-state index in [1.165, 1.54) is 4.90 Å². The van der Waals surface area contributed by atoms with Crippen LogP contribution in [0.5, 0.6) is 5.75 Å². The van der Waals surface area contributed by atoms with Crippen molar-refractivity contribution in [3.05, 3.63) is 83.2 Å². The van der Waals surface area contributed by atoms with Crippen LogP contribution in [-0.4, -0.2) is 103 Å². The molecule has 0 bridgehead atoms. The second-order valence-corrected chi connectivity index (χ2v) is 13.9. The van der Waals surface area contributed by atoms with Gasteiger partial charge in [-0.15, -0.1) is 0 Å². The summed E-state index contributed by atoms with van der Waals surface area (Å²) < 4.78 is 13.0. The number of carbonyl (C=O) groups excluding carboxylic acids is 1. The molecule has 11 nitrogen and oxygen atoms in total. The first-order chi connectivity index (χ1) is 24.1. The predicted octanol–water partition coefficient (Wildman–Crippen LogP) is 3.33. The van der Waals surface area contributed by atoms with E-state index < -0.39 is 36.6 Å². The number of aliphatic hydroxyl groups is 6. The van der Waals surface area contributed by atoms with Crippen LogP contribution in [0.3, 0.4) is 0 Å². The molecule has 5 rings (SSSR count). The van der Waals surface area contributed by atoms with E-state index in [0.717, 1.165) is 71.2 Å². The van der Waals surface area contributed by atoms with Gasteiger partial charge in [0.1, 0.15) is 30.2 Å². The molecule has 1 heterocycles. The molecule has 2 saturated carbocycles. The summed E-state index contributed by atoms with van der Waals surface area (Å²) in [7, 11) is 0.